The fraction of sp³-hybridized carbons (Fsp3) is 0.318. The van der Waals surface area contributed by atoms with Crippen molar-refractivity contribution in [3.63, 3.8) is 0 Å². The molecular weight excluding hydrogens is 382 g/mol. The Labute approximate surface area is 175 Å². The smallest absolute Gasteiger partial charge is 0.408 e. The molecule has 154 valence electrons. The van der Waals surface area contributed by atoms with Crippen LogP contribution in [0, 0.1) is 11.8 Å². The summed E-state index contributed by atoms with van der Waals surface area (Å²) in [7, 11) is 0. The van der Waals surface area contributed by atoms with Crippen molar-refractivity contribution in [2.24, 2.45) is 0 Å². The first-order chi connectivity index (χ1) is 14.3. The van der Waals surface area contributed by atoms with Crippen molar-refractivity contribution in [2.75, 3.05) is 0 Å². The third-order valence-corrected chi connectivity index (χ3v) is 3.83. The second-order valence-corrected chi connectivity index (χ2v) is 7.46. The molecule has 1 unspecified atom stereocenters. The van der Waals surface area contributed by atoms with E-state index in [-0.39, 0.29) is 0 Å². The summed E-state index contributed by atoms with van der Waals surface area (Å²) in [4.78, 5) is 24.9. The van der Waals surface area contributed by atoms with Crippen LogP contribution in [0.25, 0.3) is 11.5 Å². The molecule has 1 atom stereocenters. The van der Waals surface area contributed by atoms with Gasteiger partial charge in [-0.2, -0.15) is 4.98 Å². The van der Waals surface area contributed by atoms with E-state index in [1.165, 1.54) is 0 Å². The number of hydrogen-bond acceptors (Lipinski definition) is 7. The van der Waals surface area contributed by atoms with Crippen molar-refractivity contribution >= 4 is 6.09 Å². The summed E-state index contributed by atoms with van der Waals surface area (Å²) in [6, 6.07) is 8.69. The largest absolute Gasteiger partial charge is 0.444 e. The van der Waals surface area contributed by atoms with Crippen LogP contribution in [0.1, 0.15) is 57.3 Å². The lowest BCUT2D eigenvalue weighted by Crippen LogP contribution is -2.34. The van der Waals surface area contributed by atoms with Gasteiger partial charge in [-0.25, -0.2) is 9.78 Å². The number of nitrogens with zero attached hydrogens (tertiary/aromatic N) is 4. The number of amides is 1. The van der Waals surface area contributed by atoms with Gasteiger partial charge in [-0.15, -0.1) is 0 Å². The Morgan fingerprint density at radius 1 is 1.20 bits per heavy atom. The molecule has 8 nitrogen and oxygen atoms in total. The van der Waals surface area contributed by atoms with Gasteiger partial charge in [-0.3, -0.25) is 4.98 Å². The van der Waals surface area contributed by atoms with E-state index >= 15 is 0 Å². The minimum absolute atomic E-state index is 0.291. The Kier molecular flexibility index (Phi) is 6.42. The first-order valence-corrected chi connectivity index (χ1v) is 9.56. The molecule has 30 heavy (non-hydrogen) atoms. The molecule has 3 rings (SSSR count). The summed E-state index contributed by atoms with van der Waals surface area (Å²) in [5.41, 5.74) is 1.38. The molecule has 0 bridgehead atoms. The highest BCUT2D eigenvalue weighted by Crippen LogP contribution is 2.20. The average Bonchev–Trinajstić information content (AvgIpc) is 3.20. The summed E-state index contributed by atoms with van der Waals surface area (Å²) in [6.45, 7) is 7.30. The third-order valence-electron chi connectivity index (χ3n) is 3.83. The molecule has 0 aromatic carbocycles. The van der Waals surface area contributed by atoms with Crippen molar-refractivity contribution in [2.45, 2.75) is 45.8 Å². The summed E-state index contributed by atoms with van der Waals surface area (Å²) in [5, 5.41) is 6.72. The van der Waals surface area contributed by atoms with Gasteiger partial charge in [0.2, 0.25) is 11.7 Å². The van der Waals surface area contributed by atoms with Crippen molar-refractivity contribution in [3.05, 3.63) is 59.9 Å². The highest BCUT2D eigenvalue weighted by molar-refractivity contribution is 5.68. The Hall–Kier alpha value is -3.73. The lowest BCUT2D eigenvalue weighted by atomic mass is 10.2. The Bertz CT molecular complexity index is 1040. The van der Waals surface area contributed by atoms with E-state index in [4.69, 9.17) is 9.26 Å². The Morgan fingerprint density at radius 3 is 2.67 bits per heavy atom. The van der Waals surface area contributed by atoms with Gasteiger partial charge in [0, 0.05) is 18.0 Å². The lowest BCUT2D eigenvalue weighted by Gasteiger charge is -2.21. The zero-order valence-electron chi connectivity index (χ0n) is 17.3. The van der Waals surface area contributed by atoms with Crippen molar-refractivity contribution < 1.29 is 14.1 Å². The van der Waals surface area contributed by atoms with Gasteiger partial charge in [-0.1, -0.05) is 24.1 Å². The third kappa shape index (κ3) is 5.88. The molecule has 3 aromatic heterocycles. The van der Waals surface area contributed by atoms with Gasteiger partial charge >= 0.3 is 6.09 Å². The number of nitrogens with one attached hydrogen (secondary N) is 1. The van der Waals surface area contributed by atoms with Gasteiger partial charge in [0.05, 0.1) is 0 Å². The zero-order chi connectivity index (χ0) is 21.6. The normalized spacial score (nSPS) is 11.9. The number of pyridine rings is 2. The first-order valence-electron chi connectivity index (χ1n) is 9.56. The van der Waals surface area contributed by atoms with Crippen LogP contribution in [0.3, 0.4) is 0 Å². The van der Waals surface area contributed by atoms with Gasteiger partial charge in [-0.05, 0) is 57.4 Å². The SMILES string of the molecule is CCC(NC(=O)OC(C)(C)C)c1nc(-c2ccc(C#Cc3ccccn3)cn2)no1. The van der Waals surface area contributed by atoms with Crippen LogP contribution in [-0.4, -0.2) is 31.8 Å². The van der Waals surface area contributed by atoms with Gasteiger partial charge < -0.3 is 14.6 Å². The number of hydrogen-bond donors (Lipinski definition) is 1. The summed E-state index contributed by atoms with van der Waals surface area (Å²) in [6.07, 6.45) is 3.36. The molecule has 0 radical (unpaired) electrons. The number of carbonyl (C=O) groups excluding carboxylic acids is 1. The van der Waals surface area contributed by atoms with E-state index in [1.807, 2.05) is 31.2 Å². The van der Waals surface area contributed by atoms with Crippen LogP contribution < -0.4 is 5.32 Å². The molecule has 8 heteroatoms. The maximum atomic E-state index is 12.0. The van der Waals surface area contributed by atoms with Gasteiger partial charge in [0.1, 0.15) is 23.0 Å². The predicted octanol–water partition coefficient (Wildman–Crippen LogP) is 3.90. The van der Waals surface area contributed by atoms with Crippen molar-refractivity contribution in [1.82, 2.24) is 25.4 Å². The maximum absolute atomic E-state index is 12.0. The second-order valence-electron chi connectivity index (χ2n) is 7.46. The van der Waals surface area contributed by atoms with Gasteiger partial charge in [0.15, 0.2) is 0 Å². The van der Waals surface area contributed by atoms with Crippen LogP contribution in [0.5, 0.6) is 0 Å². The zero-order valence-corrected chi connectivity index (χ0v) is 17.3. The number of rotatable bonds is 4. The maximum Gasteiger partial charge on any atom is 0.408 e. The minimum Gasteiger partial charge on any atom is -0.444 e. The molecule has 0 saturated heterocycles. The number of ether oxygens (including phenoxy) is 1. The van der Waals surface area contributed by atoms with Crippen LogP contribution in [0.2, 0.25) is 0 Å². The average molecular weight is 405 g/mol. The summed E-state index contributed by atoms with van der Waals surface area (Å²) in [5.74, 6) is 6.61. The monoisotopic (exact) mass is 405 g/mol. The van der Waals surface area contributed by atoms with E-state index < -0.39 is 17.7 Å². The van der Waals surface area contributed by atoms with Crippen LogP contribution in [-0.2, 0) is 4.74 Å². The molecule has 0 aliphatic carbocycles. The molecule has 0 aliphatic rings. The second kappa shape index (κ2) is 9.18. The highest BCUT2D eigenvalue weighted by Gasteiger charge is 2.23. The lowest BCUT2D eigenvalue weighted by molar-refractivity contribution is 0.0492. The van der Waals surface area contributed by atoms with E-state index in [2.05, 4.69) is 37.3 Å². The van der Waals surface area contributed by atoms with Crippen LogP contribution >= 0.6 is 0 Å². The Morgan fingerprint density at radius 2 is 2.03 bits per heavy atom. The van der Waals surface area contributed by atoms with Crippen molar-refractivity contribution in [1.29, 1.82) is 0 Å². The first kappa shape index (κ1) is 21.0. The molecule has 1 amide bonds. The number of alkyl carbamates (subject to hydrolysis) is 1. The molecule has 1 N–H and O–H groups in total. The number of aromatic nitrogens is 4. The fourth-order valence-corrected chi connectivity index (χ4v) is 2.44. The van der Waals surface area contributed by atoms with E-state index in [0.29, 0.717) is 29.5 Å². The quantitative estimate of drug-likeness (QED) is 0.657. The fourth-order valence-electron chi connectivity index (χ4n) is 2.44. The summed E-state index contributed by atoms with van der Waals surface area (Å²) < 4.78 is 10.6. The van der Waals surface area contributed by atoms with E-state index in [1.54, 1.807) is 39.2 Å². The molecule has 3 heterocycles. The van der Waals surface area contributed by atoms with E-state index in [0.717, 1.165) is 5.56 Å². The standard InChI is InChI=1S/C22H23N5O3/c1-5-17(25-21(28)29-22(2,3)4)20-26-19(27-30-20)18-12-10-15(14-24-18)9-11-16-8-6-7-13-23-16/h6-8,10,12-14,17H,5H2,1-4H3,(H,25,28). The summed E-state index contributed by atoms with van der Waals surface area (Å²) >= 11 is 0. The topological polar surface area (TPSA) is 103 Å². The molecule has 0 saturated carbocycles. The highest BCUT2D eigenvalue weighted by atomic mass is 16.6. The number of carbonyl (C=O) groups is 1. The predicted molar refractivity (Wildman–Crippen MR) is 110 cm³/mol. The molecule has 0 aliphatic heterocycles. The van der Waals surface area contributed by atoms with Gasteiger partial charge in [0.25, 0.3) is 0 Å². The molecule has 0 spiro atoms. The van der Waals surface area contributed by atoms with E-state index in [9.17, 15) is 4.79 Å². The van der Waals surface area contributed by atoms with Crippen molar-refractivity contribution in [3.8, 4) is 23.4 Å². The van der Waals surface area contributed by atoms with Crippen LogP contribution in [0.4, 0.5) is 4.79 Å². The molecule has 0 fully saturated rings. The molecule has 3 aromatic rings. The van der Waals surface area contributed by atoms with Crippen LogP contribution in [0.15, 0.2) is 47.2 Å². The Balaban J connectivity index is 1.69. The minimum atomic E-state index is -0.590. The molecular formula is C22H23N5O3.